The lowest BCUT2D eigenvalue weighted by atomic mass is 9.83. The van der Waals surface area contributed by atoms with Crippen molar-refractivity contribution in [3.8, 4) is 44.5 Å². The molecular weight excluding hydrogens is 649 g/mol. The maximum absolute atomic E-state index is 4.60. The Bertz CT molecular complexity index is 2520. The zero-order valence-corrected chi connectivity index (χ0v) is 30.7. The van der Waals surface area contributed by atoms with Crippen LogP contribution in [0.25, 0.3) is 66.4 Å². The van der Waals surface area contributed by atoms with Crippen molar-refractivity contribution in [2.24, 2.45) is 0 Å². The molecule has 0 spiro atoms. The maximum atomic E-state index is 4.60. The Hall–Kier alpha value is -6.50. The fraction of sp³-hybridized carbons (Fsp3) is 0.0741. The fourth-order valence-electron chi connectivity index (χ4n) is 7.74. The van der Waals surface area contributed by atoms with Gasteiger partial charge in [0.25, 0.3) is 0 Å². The first-order valence-electron chi connectivity index (χ1n) is 19.0. The van der Waals surface area contributed by atoms with Crippen molar-refractivity contribution in [3.63, 3.8) is 0 Å². The average Bonchev–Trinajstić information content (AvgIpc) is 3.24. The second kappa shape index (κ2) is 16.0. The second-order valence-electron chi connectivity index (χ2n) is 14.1. The zero-order valence-electron chi connectivity index (χ0n) is 30.7. The lowest BCUT2D eigenvalue weighted by Gasteiger charge is -2.22. The molecule has 0 atom stereocenters. The highest BCUT2D eigenvalue weighted by molar-refractivity contribution is 6.02. The molecule has 0 heteroatoms. The van der Waals surface area contributed by atoms with Gasteiger partial charge in [0.05, 0.1) is 0 Å². The lowest BCUT2D eigenvalue weighted by Crippen LogP contribution is -2.01. The summed E-state index contributed by atoms with van der Waals surface area (Å²) in [6.45, 7) is 8.54. The van der Waals surface area contributed by atoms with E-state index in [2.05, 4.69) is 195 Å². The molecule has 0 N–H and O–H groups in total. The van der Waals surface area contributed by atoms with Gasteiger partial charge in [-0.05, 0) is 120 Å². The third kappa shape index (κ3) is 7.51. The quantitative estimate of drug-likeness (QED) is 0.139. The molecule has 2 aliphatic rings. The minimum absolute atomic E-state index is 0.940. The molecule has 260 valence electrons. The van der Waals surface area contributed by atoms with E-state index in [0.29, 0.717) is 0 Å². The zero-order chi connectivity index (χ0) is 36.7. The summed E-state index contributed by atoms with van der Waals surface area (Å²) in [5, 5.41) is 2.38. The van der Waals surface area contributed by atoms with E-state index in [1.165, 1.54) is 72.0 Å². The van der Waals surface area contributed by atoms with E-state index >= 15 is 0 Å². The van der Waals surface area contributed by atoms with Gasteiger partial charge in [0.15, 0.2) is 0 Å². The van der Waals surface area contributed by atoms with Gasteiger partial charge in [0, 0.05) is 0 Å². The molecule has 0 aromatic heterocycles. The van der Waals surface area contributed by atoms with Crippen LogP contribution in [0.1, 0.15) is 36.8 Å². The van der Waals surface area contributed by atoms with E-state index in [4.69, 9.17) is 0 Å². The largest absolute Gasteiger partial charge is 0.0991 e. The fourth-order valence-corrected chi connectivity index (χ4v) is 7.74. The van der Waals surface area contributed by atoms with E-state index in [1.807, 2.05) is 12.2 Å². The molecule has 0 fully saturated rings. The Morgan fingerprint density at radius 3 is 1.65 bits per heavy atom. The van der Waals surface area contributed by atoms with Gasteiger partial charge >= 0.3 is 0 Å². The highest BCUT2D eigenvalue weighted by Crippen LogP contribution is 2.39. The van der Waals surface area contributed by atoms with E-state index in [0.717, 1.165) is 42.4 Å². The summed E-state index contributed by atoms with van der Waals surface area (Å²) in [4.78, 5) is 0. The minimum Gasteiger partial charge on any atom is -0.0991 e. The normalized spacial score (nSPS) is 13.7. The molecule has 0 heterocycles. The Balaban J connectivity index is 1.34. The van der Waals surface area contributed by atoms with Gasteiger partial charge in [0.2, 0.25) is 0 Å². The first-order valence-corrected chi connectivity index (χ1v) is 19.0. The van der Waals surface area contributed by atoms with Gasteiger partial charge in [-0.3, -0.25) is 0 Å². The standard InChI is InChI=1S/C54H44/c1-3-4-14-39(2)51-22-13-21-42(46-25-23-44(24-26-46)40-15-7-5-8-16-40)33-35-52(50-32-31-43-19-11-12-20-48(43)37-50)53-36-34-49(38-54(51)53)47-29-27-45(28-30-47)41-17-9-6-10-18-41/h3-11,13-19,21-30,33-38H,1-2,12,20,31-32H2. The summed E-state index contributed by atoms with van der Waals surface area (Å²) in [6.07, 6.45) is 17.3. The van der Waals surface area contributed by atoms with Crippen molar-refractivity contribution in [2.75, 3.05) is 0 Å². The molecule has 54 heavy (non-hydrogen) atoms. The van der Waals surface area contributed by atoms with Gasteiger partial charge in [0.1, 0.15) is 0 Å². The molecule has 0 radical (unpaired) electrons. The summed E-state index contributed by atoms with van der Waals surface area (Å²) in [5.74, 6) is 0. The van der Waals surface area contributed by atoms with Crippen LogP contribution in [0.4, 0.5) is 0 Å². The number of rotatable bonds is 8. The number of benzene rings is 5. The van der Waals surface area contributed by atoms with Gasteiger partial charge < -0.3 is 0 Å². The molecule has 0 saturated heterocycles. The molecule has 6 aromatic rings. The van der Waals surface area contributed by atoms with Gasteiger partial charge in [-0.15, -0.1) is 0 Å². The Morgan fingerprint density at radius 1 is 0.481 bits per heavy atom. The van der Waals surface area contributed by atoms with Crippen LogP contribution in [0.15, 0.2) is 218 Å². The Kier molecular flexibility index (Phi) is 10.3. The first kappa shape index (κ1) is 34.6. The molecule has 0 aliphatic heterocycles. The average molecular weight is 693 g/mol. The van der Waals surface area contributed by atoms with Crippen molar-refractivity contribution >= 4 is 21.9 Å². The van der Waals surface area contributed by atoms with Gasteiger partial charge in [-0.1, -0.05) is 201 Å². The van der Waals surface area contributed by atoms with E-state index < -0.39 is 0 Å². The highest BCUT2D eigenvalue weighted by Gasteiger charge is 2.17. The minimum atomic E-state index is 0.940. The molecule has 0 unspecified atom stereocenters. The first-order chi connectivity index (χ1) is 26.6. The SMILES string of the molecule is C=CC=CC(=C)c1cccc(-c2ccc(-c3ccccc3)cc2)ccc(C2=CC3=C(C=CCC3)CC2)c2ccc(-c3ccc(-c4ccccc4)cc3)cc12. The van der Waals surface area contributed by atoms with Crippen LogP contribution in [0.5, 0.6) is 0 Å². The van der Waals surface area contributed by atoms with Crippen molar-refractivity contribution in [1.29, 1.82) is 0 Å². The smallest absolute Gasteiger partial charge is 0.00933 e. The number of fused-ring (bicyclic) bond motifs is 1. The van der Waals surface area contributed by atoms with Crippen LogP contribution >= 0.6 is 0 Å². The van der Waals surface area contributed by atoms with Crippen molar-refractivity contribution < 1.29 is 0 Å². The van der Waals surface area contributed by atoms with E-state index in [-0.39, 0.29) is 0 Å². The van der Waals surface area contributed by atoms with Crippen molar-refractivity contribution in [2.45, 2.75) is 25.7 Å². The molecule has 0 bridgehead atoms. The van der Waals surface area contributed by atoms with E-state index in [9.17, 15) is 0 Å². The summed E-state index contributed by atoms with van der Waals surface area (Å²) in [6, 6.07) is 57.3. The molecule has 2 aliphatic carbocycles. The molecule has 6 aromatic carbocycles. The number of hydrogen-bond donors (Lipinski definition) is 0. The van der Waals surface area contributed by atoms with E-state index in [1.54, 1.807) is 0 Å². The lowest BCUT2D eigenvalue weighted by molar-refractivity contribution is 0.894. The molecule has 8 rings (SSSR count). The monoisotopic (exact) mass is 692 g/mol. The van der Waals surface area contributed by atoms with Crippen LogP contribution in [-0.4, -0.2) is 0 Å². The third-order valence-electron chi connectivity index (χ3n) is 10.7. The number of allylic oxidation sites excluding steroid dienone is 10. The van der Waals surface area contributed by atoms with Crippen molar-refractivity contribution in [3.05, 3.63) is 230 Å². The Labute approximate surface area is 320 Å². The van der Waals surface area contributed by atoms with Crippen LogP contribution in [0.3, 0.4) is 0 Å². The highest BCUT2D eigenvalue weighted by atomic mass is 14.2. The van der Waals surface area contributed by atoms with Crippen LogP contribution in [-0.2, 0) is 0 Å². The third-order valence-corrected chi connectivity index (χ3v) is 10.7. The summed E-state index contributed by atoms with van der Waals surface area (Å²) >= 11 is 0. The van der Waals surface area contributed by atoms with Gasteiger partial charge in [-0.25, -0.2) is 0 Å². The predicted octanol–water partition coefficient (Wildman–Crippen LogP) is 15.2. The maximum Gasteiger partial charge on any atom is -0.00933 e. The van der Waals surface area contributed by atoms with Crippen LogP contribution in [0, 0.1) is 0 Å². The molecular formula is C54H44. The summed E-state index contributed by atoms with van der Waals surface area (Å²) in [5.41, 5.74) is 17.2. The van der Waals surface area contributed by atoms with Crippen LogP contribution in [0.2, 0.25) is 0 Å². The number of hydrogen-bond acceptors (Lipinski definition) is 0. The molecule has 0 amide bonds. The Morgan fingerprint density at radius 2 is 1.02 bits per heavy atom. The topological polar surface area (TPSA) is 0 Å². The molecule has 0 nitrogen and oxygen atoms in total. The van der Waals surface area contributed by atoms with Crippen LogP contribution < -0.4 is 0 Å². The summed E-state index contributed by atoms with van der Waals surface area (Å²) in [7, 11) is 0. The molecule has 0 saturated carbocycles. The second-order valence-corrected chi connectivity index (χ2v) is 14.1. The van der Waals surface area contributed by atoms with Gasteiger partial charge in [-0.2, -0.15) is 0 Å². The summed E-state index contributed by atoms with van der Waals surface area (Å²) < 4.78 is 0. The van der Waals surface area contributed by atoms with Crippen molar-refractivity contribution in [1.82, 2.24) is 0 Å². The predicted molar refractivity (Wildman–Crippen MR) is 234 cm³/mol.